The van der Waals surface area contributed by atoms with Crippen LogP contribution in [-0.2, 0) is 24.0 Å². The Bertz CT molecular complexity index is 882. The topological polar surface area (TPSA) is 9.23 Å². The molecule has 0 aliphatic heterocycles. The fourth-order valence-corrected chi connectivity index (χ4v) is 3.16. The number of ether oxygens (including phenoxy) is 1. The average molecular weight is 277 g/mol. The van der Waals surface area contributed by atoms with E-state index < -0.39 is 0 Å². The van der Waals surface area contributed by atoms with Crippen molar-refractivity contribution in [2.24, 2.45) is 0 Å². The van der Waals surface area contributed by atoms with Crippen LogP contribution in [0.5, 0.6) is 0 Å². The molecule has 0 saturated carbocycles. The van der Waals surface area contributed by atoms with Crippen molar-refractivity contribution in [1.82, 2.24) is 0 Å². The van der Waals surface area contributed by atoms with Crippen LogP contribution in [0.2, 0.25) is 0 Å². The van der Waals surface area contributed by atoms with Gasteiger partial charge >= 0.3 is 0 Å². The van der Waals surface area contributed by atoms with E-state index in [0.717, 1.165) is 0 Å². The maximum atomic E-state index is 5.42. The minimum absolute atomic E-state index is 0.335. The summed E-state index contributed by atoms with van der Waals surface area (Å²) in [5.41, 5.74) is 1.21. The van der Waals surface area contributed by atoms with E-state index in [1.54, 1.807) is 0 Å². The molecule has 0 radical (unpaired) electrons. The number of hydrogen-bond acceptors (Lipinski definition) is 2. The highest BCUT2D eigenvalue weighted by Crippen LogP contribution is 2.35. The van der Waals surface area contributed by atoms with Gasteiger partial charge in [0.2, 0.25) is 0 Å². The highest BCUT2D eigenvalue weighted by atomic mass is 32.1. The molecule has 4 aromatic rings. The summed E-state index contributed by atoms with van der Waals surface area (Å²) in [6.07, 6.45) is 0. The van der Waals surface area contributed by atoms with E-state index in [1.165, 1.54) is 37.9 Å². The first kappa shape index (κ1) is 12.0. The van der Waals surface area contributed by atoms with Crippen molar-refractivity contribution in [1.29, 1.82) is 0 Å². The summed E-state index contributed by atoms with van der Waals surface area (Å²) in [4.78, 5) is 0. The van der Waals surface area contributed by atoms with E-state index in [9.17, 15) is 0 Å². The summed E-state index contributed by atoms with van der Waals surface area (Å²) < 4.78 is 5.42. The molecule has 0 aromatic heterocycles. The maximum Gasteiger partial charge on any atom is 0.0696 e. The van der Waals surface area contributed by atoms with E-state index >= 15 is 0 Å². The Kier molecular flexibility index (Phi) is 2.79. The van der Waals surface area contributed by atoms with Gasteiger partial charge < -0.3 is 17.4 Å². The predicted molar refractivity (Wildman–Crippen MR) is 87.2 cm³/mol. The molecule has 0 bridgehead atoms. The first-order valence-corrected chi connectivity index (χ1v) is 7.27. The van der Waals surface area contributed by atoms with Crippen molar-refractivity contribution in [3.05, 3.63) is 60.2 Å². The van der Waals surface area contributed by atoms with E-state index in [1.807, 2.05) is 0 Å². The largest absolute Gasteiger partial charge is 0.765 e. The van der Waals surface area contributed by atoms with Crippen LogP contribution in [-0.4, -0.2) is 5.94 Å². The van der Waals surface area contributed by atoms with Crippen molar-refractivity contribution in [3.8, 4) is 0 Å². The SMILES string of the molecule is [S-]COCc1ccc2ccc3cccc4ccc1c2c34. The van der Waals surface area contributed by atoms with Crippen LogP contribution in [0.15, 0.2) is 54.6 Å². The molecule has 98 valence electrons. The summed E-state index contributed by atoms with van der Waals surface area (Å²) in [6, 6.07) is 19.6. The van der Waals surface area contributed by atoms with Crippen LogP contribution < -0.4 is 0 Å². The number of benzene rings is 4. The fourth-order valence-electron chi connectivity index (χ4n) is 3.07. The van der Waals surface area contributed by atoms with Gasteiger partial charge in [0.05, 0.1) is 6.61 Å². The second-order valence-electron chi connectivity index (χ2n) is 5.05. The zero-order valence-electron chi connectivity index (χ0n) is 10.9. The standard InChI is InChI=1S/C18H14OS/c20-11-19-10-15-7-6-14-5-4-12-2-1-3-13-8-9-16(15)18(14)17(12)13/h1-9,20H,10-11H2/p-1. The Balaban J connectivity index is 2.14. The molecule has 4 aromatic carbocycles. The van der Waals surface area contributed by atoms with Crippen molar-refractivity contribution >= 4 is 44.9 Å². The first-order valence-electron chi connectivity index (χ1n) is 6.70. The van der Waals surface area contributed by atoms with Gasteiger partial charge in [-0.1, -0.05) is 60.5 Å². The Morgan fingerprint density at radius 2 is 1.40 bits per heavy atom. The molecule has 0 N–H and O–H groups in total. The molecule has 0 spiro atoms. The Labute approximate surface area is 122 Å². The zero-order chi connectivity index (χ0) is 13.5. The van der Waals surface area contributed by atoms with Crippen LogP contribution in [0.25, 0.3) is 32.3 Å². The maximum absolute atomic E-state index is 5.42. The number of hydrogen-bond donors (Lipinski definition) is 0. The highest BCUT2D eigenvalue weighted by Gasteiger charge is 2.10. The molecule has 0 unspecified atom stereocenters. The minimum atomic E-state index is 0.335. The molecule has 4 rings (SSSR count). The third-order valence-electron chi connectivity index (χ3n) is 3.96. The lowest BCUT2D eigenvalue weighted by Crippen LogP contribution is -1.94. The molecule has 20 heavy (non-hydrogen) atoms. The summed E-state index contributed by atoms with van der Waals surface area (Å²) in [7, 11) is 0. The smallest absolute Gasteiger partial charge is 0.0696 e. The van der Waals surface area contributed by atoms with Crippen molar-refractivity contribution < 1.29 is 4.74 Å². The molecule has 0 heterocycles. The third kappa shape index (κ3) is 1.69. The summed E-state index contributed by atoms with van der Waals surface area (Å²) in [6.45, 7) is 0.581. The zero-order valence-corrected chi connectivity index (χ0v) is 11.7. The van der Waals surface area contributed by atoms with Gasteiger partial charge in [-0.3, -0.25) is 0 Å². The second kappa shape index (κ2) is 4.65. The first-order chi connectivity index (χ1) is 9.88. The van der Waals surface area contributed by atoms with Gasteiger partial charge in [-0.2, -0.15) is 0 Å². The lowest BCUT2D eigenvalue weighted by Gasteiger charge is -2.14. The highest BCUT2D eigenvalue weighted by molar-refractivity contribution is 7.58. The average Bonchev–Trinajstić information content (AvgIpc) is 2.51. The molecule has 0 atom stereocenters. The lowest BCUT2D eigenvalue weighted by molar-refractivity contribution is 0.171. The predicted octanol–water partition coefficient (Wildman–Crippen LogP) is 4.61. The van der Waals surface area contributed by atoms with Crippen LogP contribution in [0, 0.1) is 0 Å². The Morgan fingerprint density at radius 3 is 2.15 bits per heavy atom. The molecule has 1 nitrogen and oxygen atoms in total. The Morgan fingerprint density at radius 1 is 0.750 bits per heavy atom. The molecule has 0 amide bonds. The molecule has 0 aliphatic carbocycles. The lowest BCUT2D eigenvalue weighted by atomic mass is 9.92. The summed E-state index contributed by atoms with van der Waals surface area (Å²) in [5.74, 6) is 0.335. The molecular formula is C18H13OS-. The Hall–Kier alpha value is -1.77. The van der Waals surface area contributed by atoms with Gasteiger partial charge in [-0.15, -0.1) is 0 Å². The van der Waals surface area contributed by atoms with Gasteiger partial charge in [0.15, 0.2) is 0 Å². The van der Waals surface area contributed by atoms with Gasteiger partial charge in [-0.25, -0.2) is 0 Å². The van der Waals surface area contributed by atoms with Gasteiger partial charge in [0, 0.05) is 0 Å². The fraction of sp³-hybridized carbons (Fsp3) is 0.111. The van der Waals surface area contributed by atoms with Crippen LogP contribution >= 0.6 is 0 Å². The monoisotopic (exact) mass is 277 g/mol. The van der Waals surface area contributed by atoms with Crippen LogP contribution in [0.4, 0.5) is 0 Å². The van der Waals surface area contributed by atoms with Crippen molar-refractivity contribution in [3.63, 3.8) is 0 Å². The molecule has 0 aliphatic rings. The van der Waals surface area contributed by atoms with E-state index in [4.69, 9.17) is 17.4 Å². The van der Waals surface area contributed by atoms with E-state index in [0.29, 0.717) is 12.5 Å². The van der Waals surface area contributed by atoms with E-state index in [-0.39, 0.29) is 0 Å². The number of rotatable bonds is 3. The molecular weight excluding hydrogens is 264 g/mol. The molecule has 0 saturated heterocycles. The van der Waals surface area contributed by atoms with E-state index in [2.05, 4.69) is 54.6 Å². The molecule has 2 heteroatoms. The molecule has 0 fully saturated rings. The minimum Gasteiger partial charge on any atom is -0.765 e. The van der Waals surface area contributed by atoms with Gasteiger partial charge in [0.1, 0.15) is 0 Å². The van der Waals surface area contributed by atoms with Crippen molar-refractivity contribution in [2.75, 3.05) is 5.94 Å². The summed E-state index contributed by atoms with van der Waals surface area (Å²) in [5, 5.41) is 7.83. The third-order valence-corrected chi connectivity index (χ3v) is 4.13. The quantitative estimate of drug-likeness (QED) is 0.399. The van der Waals surface area contributed by atoms with Crippen molar-refractivity contribution in [2.45, 2.75) is 6.61 Å². The summed E-state index contributed by atoms with van der Waals surface area (Å²) >= 11 is 4.88. The van der Waals surface area contributed by atoms with Crippen LogP contribution in [0.1, 0.15) is 5.56 Å². The van der Waals surface area contributed by atoms with Gasteiger partial charge in [0.25, 0.3) is 0 Å². The normalized spacial score (nSPS) is 11.8. The second-order valence-corrected chi connectivity index (χ2v) is 5.28. The van der Waals surface area contributed by atoms with Crippen LogP contribution in [0.3, 0.4) is 0 Å². The van der Waals surface area contributed by atoms with Gasteiger partial charge in [-0.05, 0) is 37.9 Å².